The van der Waals surface area contributed by atoms with E-state index < -0.39 is 0 Å². The van der Waals surface area contributed by atoms with Crippen molar-refractivity contribution in [1.82, 2.24) is 14.8 Å². The van der Waals surface area contributed by atoms with Crippen LogP contribution >= 0.6 is 23.4 Å². The summed E-state index contributed by atoms with van der Waals surface area (Å²) in [5.41, 5.74) is 3.15. The molecule has 3 aromatic carbocycles. The van der Waals surface area contributed by atoms with Crippen LogP contribution in [0.5, 0.6) is 0 Å². The van der Waals surface area contributed by atoms with E-state index in [2.05, 4.69) is 51.2 Å². The average molecular weight is 404 g/mol. The van der Waals surface area contributed by atoms with E-state index in [1.165, 1.54) is 5.56 Å². The molecule has 0 saturated carbocycles. The van der Waals surface area contributed by atoms with Gasteiger partial charge in [0, 0.05) is 22.0 Å². The van der Waals surface area contributed by atoms with Crippen LogP contribution in [0.15, 0.2) is 96.2 Å². The van der Waals surface area contributed by atoms with E-state index in [0.717, 1.165) is 28.0 Å². The molecule has 0 radical (unpaired) electrons. The van der Waals surface area contributed by atoms with Crippen LogP contribution in [0.1, 0.15) is 5.56 Å². The molecule has 4 rings (SSSR count). The van der Waals surface area contributed by atoms with Crippen LogP contribution in [0.3, 0.4) is 0 Å². The monoisotopic (exact) mass is 403 g/mol. The highest BCUT2D eigenvalue weighted by Crippen LogP contribution is 2.29. The summed E-state index contributed by atoms with van der Waals surface area (Å²) in [5.74, 6) is 1.58. The predicted octanol–water partition coefficient (Wildman–Crippen LogP) is 6.39. The largest absolute Gasteiger partial charge is 0.270 e. The molecule has 0 aliphatic heterocycles. The van der Waals surface area contributed by atoms with Gasteiger partial charge in [0.25, 0.3) is 0 Å². The van der Waals surface area contributed by atoms with Gasteiger partial charge in [-0.1, -0.05) is 96.2 Å². The minimum atomic E-state index is 0.681. The number of hydrogen-bond acceptors (Lipinski definition) is 3. The van der Waals surface area contributed by atoms with Crippen LogP contribution in [-0.4, -0.2) is 20.5 Å². The third-order valence-electron chi connectivity index (χ3n) is 4.15. The Kier molecular flexibility index (Phi) is 5.90. The summed E-state index contributed by atoms with van der Waals surface area (Å²) in [6.07, 6.45) is 4.26. The number of thioether (sulfide) groups is 1. The van der Waals surface area contributed by atoms with E-state index in [4.69, 9.17) is 11.6 Å². The van der Waals surface area contributed by atoms with Crippen LogP contribution in [-0.2, 0) is 0 Å². The van der Waals surface area contributed by atoms with Gasteiger partial charge in [-0.3, -0.25) is 4.57 Å². The van der Waals surface area contributed by atoms with Crippen LogP contribution in [0.4, 0.5) is 0 Å². The maximum absolute atomic E-state index is 6.19. The minimum Gasteiger partial charge on any atom is -0.270 e. The molecule has 0 atom stereocenters. The van der Waals surface area contributed by atoms with Crippen molar-refractivity contribution in [3.63, 3.8) is 0 Å². The van der Waals surface area contributed by atoms with Crippen molar-refractivity contribution in [2.45, 2.75) is 5.16 Å². The summed E-state index contributed by atoms with van der Waals surface area (Å²) >= 11 is 7.84. The zero-order valence-corrected chi connectivity index (χ0v) is 16.6. The molecule has 0 aliphatic rings. The Morgan fingerprint density at radius 1 is 0.857 bits per heavy atom. The molecule has 0 aliphatic carbocycles. The van der Waals surface area contributed by atoms with Gasteiger partial charge in [0.1, 0.15) is 0 Å². The number of aromatic nitrogens is 3. The average Bonchev–Trinajstić information content (AvgIpc) is 3.16. The lowest BCUT2D eigenvalue weighted by Crippen LogP contribution is -1.99. The molecule has 28 heavy (non-hydrogen) atoms. The molecule has 3 nitrogen and oxygen atoms in total. The van der Waals surface area contributed by atoms with Crippen molar-refractivity contribution in [3.05, 3.63) is 102 Å². The second kappa shape index (κ2) is 8.91. The maximum Gasteiger partial charge on any atom is 0.196 e. The van der Waals surface area contributed by atoms with Gasteiger partial charge in [0.05, 0.1) is 0 Å². The lowest BCUT2D eigenvalue weighted by atomic mass is 10.2. The third kappa shape index (κ3) is 4.35. The fourth-order valence-corrected chi connectivity index (χ4v) is 3.81. The molecule has 1 aromatic heterocycles. The van der Waals surface area contributed by atoms with Crippen molar-refractivity contribution in [3.8, 4) is 17.1 Å². The van der Waals surface area contributed by atoms with Crippen LogP contribution in [0, 0.1) is 0 Å². The van der Waals surface area contributed by atoms with E-state index in [1.54, 1.807) is 11.8 Å². The van der Waals surface area contributed by atoms with Crippen molar-refractivity contribution in [2.75, 3.05) is 5.75 Å². The van der Waals surface area contributed by atoms with Gasteiger partial charge in [0.2, 0.25) is 0 Å². The quantitative estimate of drug-likeness (QED) is 0.349. The highest BCUT2D eigenvalue weighted by molar-refractivity contribution is 7.99. The Bertz CT molecular complexity index is 1080. The van der Waals surface area contributed by atoms with E-state index in [1.807, 2.05) is 60.7 Å². The maximum atomic E-state index is 6.19. The zero-order valence-electron chi connectivity index (χ0n) is 15.1. The summed E-state index contributed by atoms with van der Waals surface area (Å²) in [7, 11) is 0. The molecular weight excluding hydrogens is 386 g/mol. The molecule has 0 fully saturated rings. The first-order chi connectivity index (χ1) is 13.8. The van der Waals surface area contributed by atoms with Crippen LogP contribution in [0.2, 0.25) is 5.02 Å². The molecule has 0 saturated heterocycles. The van der Waals surface area contributed by atoms with Gasteiger partial charge >= 0.3 is 0 Å². The highest BCUT2D eigenvalue weighted by Gasteiger charge is 2.15. The predicted molar refractivity (Wildman–Crippen MR) is 118 cm³/mol. The van der Waals surface area contributed by atoms with Gasteiger partial charge < -0.3 is 0 Å². The van der Waals surface area contributed by atoms with Crippen molar-refractivity contribution < 1.29 is 0 Å². The van der Waals surface area contributed by atoms with E-state index in [-0.39, 0.29) is 0 Å². The Morgan fingerprint density at radius 3 is 2.36 bits per heavy atom. The lowest BCUT2D eigenvalue weighted by molar-refractivity contribution is 0.888. The van der Waals surface area contributed by atoms with Gasteiger partial charge in [-0.15, -0.1) is 10.2 Å². The summed E-state index contributed by atoms with van der Waals surface area (Å²) in [6, 6.07) is 28.1. The molecule has 0 unspecified atom stereocenters. The number of benzene rings is 3. The number of halogens is 1. The van der Waals surface area contributed by atoms with Crippen molar-refractivity contribution in [2.24, 2.45) is 0 Å². The molecule has 0 N–H and O–H groups in total. The van der Waals surface area contributed by atoms with Gasteiger partial charge in [-0.25, -0.2) is 0 Å². The smallest absolute Gasteiger partial charge is 0.196 e. The molecule has 0 bridgehead atoms. The molecule has 138 valence electrons. The normalized spacial score (nSPS) is 11.2. The van der Waals surface area contributed by atoms with Crippen molar-refractivity contribution in [1.29, 1.82) is 0 Å². The van der Waals surface area contributed by atoms with E-state index in [9.17, 15) is 0 Å². The molecular formula is C23H18ClN3S. The Balaban J connectivity index is 1.63. The first-order valence-electron chi connectivity index (χ1n) is 8.92. The molecule has 5 heteroatoms. The molecule has 4 aromatic rings. The number of para-hydroxylation sites is 1. The van der Waals surface area contributed by atoms with Gasteiger partial charge in [0.15, 0.2) is 11.0 Å². The number of nitrogens with zero attached hydrogens (tertiary/aromatic N) is 3. The molecule has 1 heterocycles. The fourth-order valence-electron chi connectivity index (χ4n) is 2.86. The SMILES string of the molecule is Clc1cccc(-c2nnc(SC/C=C\c3ccccc3)n2-c2ccccc2)c1. The Morgan fingerprint density at radius 2 is 1.61 bits per heavy atom. The van der Waals surface area contributed by atoms with E-state index in [0.29, 0.717) is 5.02 Å². The lowest BCUT2D eigenvalue weighted by Gasteiger charge is -2.10. The topological polar surface area (TPSA) is 30.7 Å². The first-order valence-corrected chi connectivity index (χ1v) is 10.3. The summed E-state index contributed by atoms with van der Waals surface area (Å²) in [5, 5.41) is 10.4. The fraction of sp³-hybridized carbons (Fsp3) is 0.0435. The van der Waals surface area contributed by atoms with Gasteiger partial charge in [-0.05, 0) is 29.8 Å². The first kappa shape index (κ1) is 18.5. The molecule has 0 amide bonds. The second-order valence-electron chi connectivity index (χ2n) is 6.11. The van der Waals surface area contributed by atoms with E-state index >= 15 is 0 Å². The molecule has 0 spiro atoms. The summed E-state index contributed by atoms with van der Waals surface area (Å²) in [6.45, 7) is 0. The van der Waals surface area contributed by atoms with Crippen LogP contribution in [0.25, 0.3) is 23.2 Å². The highest BCUT2D eigenvalue weighted by atomic mass is 35.5. The zero-order chi connectivity index (χ0) is 19.2. The summed E-state index contributed by atoms with van der Waals surface area (Å²) in [4.78, 5) is 0. The number of hydrogen-bond donors (Lipinski definition) is 0. The Hall–Kier alpha value is -2.82. The van der Waals surface area contributed by atoms with Crippen molar-refractivity contribution >= 4 is 29.4 Å². The number of rotatable bonds is 6. The summed E-state index contributed by atoms with van der Waals surface area (Å²) < 4.78 is 2.08. The minimum absolute atomic E-state index is 0.681. The standard InChI is InChI=1S/C23H18ClN3S/c24-20-13-7-12-19(17-20)22-25-26-23(27(22)21-14-5-2-6-15-21)28-16-8-11-18-9-3-1-4-10-18/h1-15,17H,16H2/b11-8-. The third-order valence-corrected chi connectivity index (χ3v) is 5.27. The van der Waals surface area contributed by atoms with Gasteiger partial charge in [-0.2, -0.15) is 0 Å². The second-order valence-corrected chi connectivity index (χ2v) is 7.54. The Labute approximate surface area is 173 Å². The van der Waals surface area contributed by atoms with Crippen LogP contribution < -0.4 is 0 Å².